The number of para-hydroxylation sites is 2. The van der Waals surface area contributed by atoms with Gasteiger partial charge in [0.25, 0.3) is 11.8 Å². The monoisotopic (exact) mass is 404 g/mol. The van der Waals surface area contributed by atoms with E-state index >= 15 is 0 Å². The Morgan fingerprint density at radius 2 is 1.70 bits per heavy atom. The smallest absolute Gasteiger partial charge is 0.261 e. The minimum Gasteiger partial charge on any atom is -0.495 e. The van der Waals surface area contributed by atoms with Crippen molar-refractivity contribution in [2.24, 2.45) is 0 Å². The van der Waals surface area contributed by atoms with E-state index in [1.807, 2.05) is 36.4 Å². The third-order valence-electron chi connectivity index (χ3n) is 4.54. The van der Waals surface area contributed by atoms with Crippen molar-refractivity contribution in [3.05, 3.63) is 78.9 Å². The Morgan fingerprint density at radius 3 is 2.40 bits per heavy atom. The number of hydrogen-bond acceptors (Lipinski definition) is 4. The normalized spacial score (nSPS) is 11.4. The van der Waals surface area contributed by atoms with Crippen LogP contribution in [0.15, 0.2) is 73.3 Å². The number of benzene rings is 3. The Morgan fingerprint density at radius 1 is 1.03 bits per heavy atom. The third-order valence-corrected chi connectivity index (χ3v) is 4.54. The van der Waals surface area contributed by atoms with Crippen molar-refractivity contribution in [3.8, 4) is 11.5 Å². The van der Waals surface area contributed by atoms with Crippen LogP contribution < -0.4 is 20.1 Å². The molecule has 0 aromatic heterocycles. The number of ether oxygens (including phenoxy) is 2. The van der Waals surface area contributed by atoms with Crippen LogP contribution in [-0.4, -0.2) is 31.6 Å². The van der Waals surface area contributed by atoms with Gasteiger partial charge in [0.1, 0.15) is 11.5 Å². The number of carbonyl (C=O) groups excluding carboxylic acids is 2. The fourth-order valence-corrected chi connectivity index (χ4v) is 2.99. The van der Waals surface area contributed by atoms with Crippen molar-refractivity contribution in [1.29, 1.82) is 0 Å². The minimum absolute atomic E-state index is 0.292. The molecule has 0 saturated carbocycles. The molecule has 3 aromatic carbocycles. The molecule has 0 spiro atoms. The molecule has 0 aliphatic rings. The molecule has 0 saturated heterocycles. The number of anilines is 1. The number of methoxy groups -OCH3 is 1. The minimum atomic E-state index is -0.788. The maximum absolute atomic E-state index is 13.1. The highest BCUT2D eigenvalue weighted by atomic mass is 16.5. The first kappa shape index (κ1) is 20.9. The van der Waals surface area contributed by atoms with Crippen LogP contribution in [0.4, 0.5) is 5.69 Å². The van der Waals surface area contributed by atoms with Crippen molar-refractivity contribution in [2.75, 3.05) is 19.0 Å². The van der Waals surface area contributed by atoms with E-state index in [9.17, 15) is 9.59 Å². The second kappa shape index (κ2) is 9.60. The quantitative estimate of drug-likeness (QED) is 0.553. The predicted octanol–water partition coefficient (Wildman–Crippen LogP) is 4.17. The van der Waals surface area contributed by atoms with E-state index in [4.69, 9.17) is 9.47 Å². The van der Waals surface area contributed by atoms with E-state index in [0.717, 1.165) is 10.8 Å². The zero-order valence-electron chi connectivity index (χ0n) is 17.0. The van der Waals surface area contributed by atoms with Crippen LogP contribution in [0.2, 0.25) is 0 Å². The molecular weight excluding hydrogens is 380 g/mol. The number of fused-ring (bicyclic) bond motifs is 1. The van der Waals surface area contributed by atoms with Crippen molar-refractivity contribution < 1.29 is 19.1 Å². The summed E-state index contributed by atoms with van der Waals surface area (Å²) in [6, 6.07) is 18.3. The van der Waals surface area contributed by atoms with E-state index in [1.54, 1.807) is 44.4 Å². The second-order valence-corrected chi connectivity index (χ2v) is 6.64. The molecule has 30 heavy (non-hydrogen) atoms. The maximum Gasteiger partial charge on any atom is 0.261 e. The number of hydrogen-bond donors (Lipinski definition) is 2. The van der Waals surface area contributed by atoms with E-state index in [0.29, 0.717) is 29.3 Å². The summed E-state index contributed by atoms with van der Waals surface area (Å²) in [7, 11) is 1.54. The van der Waals surface area contributed by atoms with Gasteiger partial charge in [-0.3, -0.25) is 9.59 Å². The van der Waals surface area contributed by atoms with Crippen LogP contribution in [0.5, 0.6) is 11.5 Å². The summed E-state index contributed by atoms with van der Waals surface area (Å²) in [5.74, 6) is 0.215. The summed E-state index contributed by atoms with van der Waals surface area (Å²) < 4.78 is 11.2. The van der Waals surface area contributed by atoms with Gasteiger partial charge in [0.2, 0.25) is 0 Å². The summed E-state index contributed by atoms with van der Waals surface area (Å²) in [5, 5.41) is 7.35. The Bertz CT molecular complexity index is 1080. The van der Waals surface area contributed by atoms with Crippen LogP contribution in [0, 0.1) is 0 Å². The zero-order valence-corrected chi connectivity index (χ0v) is 17.0. The van der Waals surface area contributed by atoms with Gasteiger partial charge < -0.3 is 20.1 Å². The van der Waals surface area contributed by atoms with Crippen molar-refractivity contribution in [3.63, 3.8) is 0 Å². The van der Waals surface area contributed by atoms with Gasteiger partial charge >= 0.3 is 0 Å². The van der Waals surface area contributed by atoms with Crippen LogP contribution in [0.3, 0.4) is 0 Å². The van der Waals surface area contributed by atoms with Gasteiger partial charge in [-0.15, -0.1) is 6.58 Å². The fraction of sp³-hybridized carbons (Fsp3) is 0.167. The highest BCUT2D eigenvalue weighted by molar-refractivity contribution is 6.09. The van der Waals surface area contributed by atoms with E-state index in [-0.39, 0.29) is 11.8 Å². The first-order valence-electron chi connectivity index (χ1n) is 9.56. The molecule has 2 N–H and O–H groups in total. The molecule has 3 aromatic rings. The highest BCUT2D eigenvalue weighted by Crippen LogP contribution is 2.29. The molecule has 0 unspecified atom stereocenters. The number of rotatable bonds is 8. The summed E-state index contributed by atoms with van der Waals surface area (Å²) in [4.78, 5) is 25.3. The second-order valence-electron chi connectivity index (χ2n) is 6.64. The topological polar surface area (TPSA) is 76.7 Å². The molecule has 3 rings (SSSR count). The molecule has 6 nitrogen and oxygen atoms in total. The molecule has 6 heteroatoms. The molecule has 0 fully saturated rings. The Labute approximate surface area is 175 Å². The van der Waals surface area contributed by atoms with E-state index in [1.165, 1.54) is 0 Å². The van der Waals surface area contributed by atoms with E-state index in [2.05, 4.69) is 17.2 Å². The average molecular weight is 404 g/mol. The van der Waals surface area contributed by atoms with Crippen molar-refractivity contribution >= 4 is 28.3 Å². The number of nitrogens with one attached hydrogen (secondary N) is 2. The Balaban J connectivity index is 1.95. The molecule has 0 heterocycles. The van der Waals surface area contributed by atoms with Gasteiger partial charge in [-0.2, -0.15) is 0 Å². The summed E-state index contributed by atoms with van der Waals surface area (Å²) in [6.45, 7) is 5.56. The molecule has 0 radical (unpaired) electrons. The molecule has 0 aliphatic heterocycles. The molecule has 0 aliphatic carbocycles. The van der Waals surface area contributed by atoms with Gasteiger partial charge in [-0.1, -0.05) is 42.5 Å². The van der Waals surface area contributed by atoms with Crippen molar-refractivity contribution in [1.82, 2.24) is 5.32 Å². The SMILES string of the molecule is C=CCNC(=O)[C@@H](C)Oc1cc2ccccc2cc1C(=O)Nc1ccccc1OC. The van der Waals surface area contributed by atoms with Crippen LogP contribution in [-0.2, 0) is 4.79 Å². The highest BCUT2D eigenvalue weighted by Gasteiger charge is 2.20. The fourth-order valence-electron chi connectivity index (χ4n) is 2.99. The molecule has 2 amide bonds. The van der Waals surface area contributed by atoms with Gasteiger partial charge in [0, 0.05) is 6.54 Å². The predicted molar refractivity (Wildman–Crippen MR) is 118 cm³/mol. The van der Waals surface area contributed by atoms with E-state index < -0.39 is 6.10 Å². The lowest BCUT2D eigenvalue weighted by atomic mass is 10.0. The maximum atomic E-state index is 13.1. The Kier molecular flexibility index (Phi) is 6.70. The lowest BCUT2D eigenvalue weighted by molar-refractivity contribution is -0.127. The largest absolute Gasteiger partial charge is 0.495 e. The van der Waals surface area contributed by atoms with Crippen LogP contribution in [0.25, 0.3) is 10.8 Å². The summed E-state index contributed by atoms with van der Waals surface area (Å²) >= 11 is 0. The molecular formula is C24H24N2O4. The molecule has 1 atom stereocenters. The van der Waals surface area contributed by atoms with Gasteiger partial charge in [-0.25, -0.2) is 0 Å². The van der Waals surface area contributed by atoms with Gasteiger partial charge in [0.15, 0.2) is 6.10 Å². The lowest BCUT2D eigenvalue weighted by Crippen LogP contribution is -2.36. The first-order valence-corrected chi connectivity index (χ1v) is 9.56. The lowest BCUT2D eigenvalue weighted by Gasteiger charge is -2.18. The van der Waals surface area contributed by atoms with Crippen molar-refractivity contribution in [2.45, 2.75) is 13.0 Å². The zero-order chi connectivity index (χ0) is 21.5. The summed E-state index contributed by atoms with van der Waals surface area (Å²) in [6.07, 6.45) is 0.802. The Hall–Kier alpha value is -3.80. The molecule has 154 valence electrons. The molecule has 0 bridgehead atoms. The van der Waals surface area contributed by atoms with Gasteiger partial charge in [0.05, 0.1) is 18.4 Å². The first-order chi connectivity index (χ1) is 14.5. The van der Waals surface area contributed by atoms with Crippen LogP contribution in [0.1, 0.15) is 17.3 Å². The van der Waals surface area contributed by atoms with Gasteiger partial charge in [-0.05, 0) is 42.0 Å². The average Bonchev–Trinajstić information content (AvgIpc) is 2.77. The number of amides is 2. The standard InChI is InChI=1S/C24H24N2O4/c1-4-13-25-23(27)16(2)30-22-15-18-10-6-5-9-17(18)14-19(22)24(28)26-20-11-7-8-12-21(20)29-3/h4-12,14-16H,1,13H2,2-3H3,(H,25,27)(H,26,28)/t16-/m1/s1. The van der Waals surface area contributed by atoms with Crippen LogP contribution >= 0.6 is 0 Å². The third kappa shape index (κ3) is 4.78. The number of carbonyl (C=O) groups is 2. The summed E-state index contributed by atoms with van der Waals surface area (Å²) in [5.41, 5.74) is 0.865.